The van der Waals surface area contributed by atoms with Crippen LogP contribution in [-0.4, -0.2) is 11.2 Å². The Morgan fingerprint density at radius 1 is 1.47 bits per heavy atom. The van der Waals surface area contributed by atoms with Crippen molar-refractivity contribution >= 4 is 27.9 Å². The molecule has 0 amide bonds. The lowest BCUT2D eigenvalue weighted by molar-refractivity contribution is -0.384. The highest BCUT2D eigenvalue weighted by Crippen LogP contribution is 2.31. The second-order valence-electron chi connectivity index (χ2n) is 3.76. The summed E-state index contributed by atoms with van der Waals surface area (Å²) in [7, 11) is 0. The van der Waals surface area contributed by atoms with Gasteiger partial charge in [-0.05, 0) is 19.4 Å². The normalized spacial score (nSPS) is 11.1. The Hall–Kier alpha value is -1.23. The van der Waals surface area contributed by atoms with Crippen LogP contribution in [0.15, 0.2) is 22.7 Å². The van der Waals surface area contributed by atoms with Gasteiger partial charge in [0.25, 0.3) is 5.69 Å². The predicted molar refractivity (Wildman–Crippen MR) is 59.9 cm³/mol. The molecule has 0 atom stereocenters. The van der Waals surface area contributed by atoms with Gasteiger partial charge in [0.05, 0.1) is 4.92 Å². The maximum absolute atomic E-state index is 10.8. The fraction of sp³-hybridized carbons (Fsp3) is 0.300. The first-order valence-corrected chi connectivity index (χ1v) is 5.08. The van der Waals surface area contributed by atoms with E-state index in [1.807, 2.05) is 0 Å². The Morgan fingerprint density at radius 3 is 2.47 bits per heavy atom. The van der Waals surface area contributed by atoms with Crippen molar-refractivity contribution in [3.8, 4) is 0 Å². The number of benzene rings is 1. The highest BCUT2D eigenvalue weighted by Gasteiger charge is 2.23. The number of non-ortho nitro benzene ring substituents is 1. The van der Waals surface area contributed by atoms with Crippen LogP contribution in [0.4, 0.5) is 5.69 Å². The molecule has 0 unspecified atom stereocenters. The Bertz CT molecular complexity index is 415. The van der Waals surface area contributed by atoms with Crippen LogP contribution in [-0.2, 0) is 10.2 Å². The third-order valence-corrected chi connectivity index (χ3v) is 2.81. The molecule has 1 aromatic carbocycles. The lowest BCUT2D eigenvalue weighted by atomic mass is 9.86. The minimum Gasteiger partial charge on any atom is -0.302 e. The van der Waals surface area contributed by atoms with Gasteiger partial charge in [-0.2, -0.15) is 0 Å². The number of nitrogens with zero attached hydrogens (tertiary/aromatic N) is 1. The molecule has 1 rings (SSSR count). The van der Waals surface area contributed by atoms with Crippen molar-refractivity contribution in [3.63, 3.8) is 0 Å². The molecule has 15 heavy (non-hydrogen) atoms. The van der Waals surface area contributed by atoms with E-state index in [0.29, 0.717) is 4.47 Å². The summed E-state index contributed by atoms with van der Waals surface area (Å²) in [5.41, 5.74) is 0.101. The van der Waals surface area contributed by atoms with Gasteiger partial charge in [0, 0.05) is 22.0 Å². The van der Waals surface area contributed by atoms with Crippen LogP contribution in [0.25, 0.3) is 0 Å². The van der Waals surface area contributed by atoms with Crippen molar-refractivity contribution < 1.29 is 9.72 Å². The number of halogens is 1. The van der Waals surface area contributed by atoms with Crippen molar-refractivity contribution in [2.24, 2.45) is 0 Å². The monoisotopic (exact) mass is 271 g/mol. The third-order valence-electron chi connectivity index (χ3n) is 2.15. The maximum atomic E-state index is 10.8. The predicted octanol–water partition coefficient (Wildman–Crippen LogP) is 2.83. The van der Waals surface area contributed by atoms with E-state index in [0.717, 1.165) is 11.8 Å². The minimum absolute atomic E-state index is 0.00678. The van der Waals surface area contributed by atoms with E-state index >= 15 is 0 Å². The van der Waals surface area contributed by atoms with Gasteiger partial charge in [0.15, 0.2) is 0 Å². The Balaban J connectivity index is 3.25. The van der Waals surface area contributed by atoms with Gasteiger partial charge in [0.2, 0.25) is 0 Å². The number of aldehydes is 1. The molecule has 0 radical (unpaired) electrons. The first kappa shape index (κ1) is 11.8. The molecule has 0 spiro atoms. The molecular formula is C10H10BrNO3. The molecule has 0 aliphatic heterocycles. The summed E-state index contributed by atoms with van der Waals surface area (Å²) in [6.45, 7) is 3.51. The van der Waals surface area contributed by atoms with Gasteiger partial charge in [-0.3, -0.25) is 10.1 Å². The highest BCUT2D eigenvalue weighted by atomic mass is 79.9. The van der Waals surface area contributed by atoms with E-state index in [-0.39, 0.29) is 5.69 Å². The molecule has 0 saturated heterocycles. The largest absolute Gasteiger partial charge is 0.302 e. The quantitative estimate of drug-likeness (QED) is 0.483. The number of hydrogen-bond acceptors (Lipinski definition) is 3. The van der Waals surface area contributed by atoms with Gasteiger partial charge in [-0.25, -0.2) is 0 Å². The summed E-state index contributed by atoms with van der Waals surface area (Å²) in [5.74, 6) is 0. The molecule has 0 aliphatic carbocycles. The minimum atomic E-state index is -0.645. The van der Waals surface area contributed by atoms with Gasteiger partial charge >= 0.3 is 0 Å². The first-order valence-electron chi connectivity index (χ1n) is 4.29. The van der Waals surface area contributed by atoms with Crippen LogP contribution in [0.3, 0.4) is 0 Å². The van der Waals surface area contributed by atoms with Crippen LogP contribution in [0.2, 0.25) is 0 Å². The molecule has 1 aromatic rings. The molecular weight excluding hydrogens is 262 g/mol. The molecule has 0 bridgehead atoms. The summed E-state index contributed by atoms with van der Waals surface area (Å²) < 4.78 is 0.578. The van der Waals surface area contributed by atoms with Crippen molar-refractivity contribution in [1.82, 2.24) is 0 Å². The average Bonchev–Trinajstić information content (AvgIpc) is 2.17. The van der Waals surface area contributed by atoms with E-state index < -0.39 is 10.3 Å². The van der Waals surface area contributed by atoms with Crippen molar-refractivity contribution in [3.05, 3.63) is 38.3 Å². The van der Waals surface area contributed by atoms with Crippen LogP contribution in [0, 0.1) is 10.1 Å². The summed E-state index contributed by atoms with van der Waals surface area (Å²) in [6, 6.07) is 4.39. The topological polar surface area (TPSA) is 60.2 Å². The zero-order chi connectivity index (χ0) is 11.6. The zero-order valence-electron chi connectivity index (χ0n) is 8.36. The van der Waals surface area contributed by atoms with Gasteiger partial charge in [0.1, 0.15) is 6.29 Å². The molecule has 0 saturated carbocycles. The standard InChI is InChI=1S/C10H10BrNO3/c1-10(2,6-13)8-4-3-7(12(14)15)5-9(8)11/h3-6H,1-2H3. The van der Waals surface area contributed by atoms with E-state index in [1.165, 1.54) is 12.1 Å². The second-order valence-corrected chi connectivity index (χ2v) is 4.62. The SMILES string of the molecule is CC(C)(C=O)c1ccc([N+](=O)[O-])cc1Br. The van der Waals surface area contributed by atoms with Crippen molar-refractivity contribution in [2.75, 3.05) is 0 Å². The molecule has 80 valence electrons. The zero-order valence-corrected chi connectivity index (χ0v) is 9.95. The molecule has 0 fully saturated rings. The van der Waals surface area contributed by atoms with Crippen LogP contribution in [0.5, 0.6) is 0 Å². The lowest BCUT2D eigenvalue weighted by Gasteiger charge is -2.18. The molecule has 0 heterocycles. The van der Waals surface area contributed by atoms with E-state index in [9.17, 15) is 14.9 Å². The lowest BCUT2D eigenvalue weighted by Crippen LogP contribution is -2.19. The fourth-order valence-electron chi connectivity index (χ4n) is 1.20. The number of carbonyl (C=O) groups excluding carboxylic acids is 1. The van der Waals surface area contributed by atoms with Crippen molar-refractivity contribution in [1.29, 1.82) is 0 Å². The summed E-state index contributed by atoms with van der Waals surface area (Å²) in [4.78, 5) is 20.9. The third kappa shape index (κ3) is 2.41. The second kappa shape index (κ2) is 4.10. The first-order chi connectivity index (χ1) is 6.88. The van der Waals surface area contributed by atoms with Crippen LogP contribution in [0.1, 0.15) is 19.4 Å². The number of nitro benzene ring substituents is 1. The van der Waals surface area contributed by atoms with E-state index in [4.69, 9.17) is 0 Å². The number of hydrogen-bond donors (Lipinski definition) is 0. The fourth-order valence-corrected chi connectivity index (χ4v) is 2.08. The van der Waals surface area contributed by atoms with Crippen LogP contribution < -0.4 is 0 Å². The Kier molecular flexibility index (Phi) is 3.24. The Morgan fingerprint density at radius 2 is 2.07 bits per heavy atom. The molecule has 5 heteroatoms. The average molecular weight is 272 g/mol. The number of carbonyl (C=O) groups is 1. The molecule has 0 N–H and O–H groups in total. The summed E-state index contributed by atoms with van der Waals surface area (Å²) in [5, 5.41) is 10.5. The van der Waals surface area contributed by atoms with E-state index in [1.54, 1.807) is 19.9 Å². The molecule has 4 nitrogen and oxygen atoms in total. The smallest absolute Gasteiger partial charge is 0.270 e. The van der Waals surface area contributed by atoms with Gasteiger partial charge in [-0.15, -0.1) is 0 Å². The highest BCUT2D eigenvalue weighted by molar-refractivity contribution is 9.10. The summed E-state index contributed by atoms with van der Waals surface area (Å²) in [6.07, 6.45) is 0.818. The van der Waals surface area contributed by atoms with Crippen LogP contribution >= 0.6 is 15.9 Å². The summed E-state index contributed by atoms with van der Waals surface area (Å²) >= 11 is 3.23. The number of nitro groups is 1. The van der Waals surface area contributed by atoms with E-state index in [2.05, 4.69) is 15.9 Å². The number of rotatable bonds is 3. The maximum Gasteiger partial charge on any atom is 0.270 e. The Labute approximate surface area is 95.6 Å². The van der Waals surface area contributed by atoms with Gasteiger partial charge < -0.3 is 4.79 Å². The van der Waals surface area contributed by atoms with Crippen molar-refractivity contribution in [2.45, 2.75) is 19.3 Å². The molecule has 0 aromatic heterocycles. The van der Waals surface area contributed by atoms with Gasteiger partial charge in [-0.1, -0.05) is 22.0 Å². The molecule has 0 aliphatic rings.